The Kier molecular flexibility index (Phi) is 16.6. The van der Waals surface area contributed by atoms with Gasteiger partial charge in [0, 0.05) is 0 Å². The molecule has 0 aliphatic rings. The summed E-state index contributed by atoms with van der Waals surface area (Å²) in [4.78, 5) is 13.0. The highest BCUT2D eigenvalue weighted by molar-refractivity contribution is 5.99. The Morgan fingerprint density at radius 1 is 0.543 bits per heavy atom. The molecule has 7 nitrogen and oxygen atoms in total. The predicted molar refractivity (Wildman–Crippen MR) is 139 cm³/mol. The number of esters is 1. The molecule has 0 aliphatic heterocycles. The Balaban J connectivity index is 3.13. The SMILES string of the molecule is CCCCCCCCCOC(=O)c1c(O)c(O)c(OCCCC)c(OCCCC)c1OCCCC. The monoisotopic (exact) mass is 496 g/mol. The minimum absolute atomic E-state index is 0.00202. The van der Waals surface area contributed by atoms with Crippen molar-refractivity contribution in [3.63, 3.8) is 0 Å². The first-order valence-corrected chi connectivity index (χ1v) is 13.7. The van der Waals surface area contributed by atoms with Gasteiger partial charge in [0.2, 0.25) is 17.2 Å². The molecule has 0 bridgehead atoms. The van der Waals surface area contributed by atoms with Crippen molar-refractivity contribution in [2.24, 2.45) is 0 Å². The molecule has 0 aromatic heterocycles. The highest BCUT2D eigenvalue weighted by atomic mass is 16.6. The maximum absolute atomic E-state index is 13.0. The van der Waals surface area contributed by atoms with Crippen LogP contribution in [0.25, 0.3) is 0 Å². The van der Waals surface area contributed by atoms with E-state index in [0.29, 0.717) is 19.8 Å². The molecule has 0 saturated heterocycles. The number of aromatic hydroxyl groups is 2. The number of ether oxygens (including phenoxy) is 4. The summed E-state index contributed by atoms with van der Waals surface area (Å²) in [5.74, 6) is -1.66. The van der Waals surface area contributed by atoms with Crippen LogP contribution in [0.3, 0.4) is 0 Å². The van der Waals surface area contributed by atoms with Gasteiger partial charge in [0.1, 0.15) is 0 Å². The Morgan fingerprint density at radius 3 is 1.54 bits per heavy atom. The van der Waals surface area contributed by atoms with Crippen molar-refractivity contribution in [3.05, 3.63) is 5.56 Å². The number of rotatable bonds is 21. The van der Waals surface area contributed by atoms with E-state index in [-0.39, 0.29) is 29.4 Å². The van der Waals surface area contributed by atoms with E-state index in [1.54, 1.807) is 0 Å². The lowest BCUT2D eigenvalue weighted by molar-refractivity contribution is 0.0487. The van der Waals surface area contributed by atoms with Crippen LogP contribution in [0.4, 0.5) is 0 Å². The van der Waals surface area contributed by atoms with E-state index in [1.165, 1.54) is 25.7 Å². The van der Waals surface area contributed by atoms with Crippen LogP contribution in [0.1, 0.15) is 122 Å². The van der Waals surface area contributed by atoms with Gasteiger partial charge in [0.25, 0.3) is 0 Å². The second-order valence-corrected chi connectivity index (χ2v) is 8.92. The van der Waals surface area contributed by atoms with Crippen molar-refractivity contribution in [2.75, 3.05) is 26.4 Å². The van der Waals surface area contributed by atoms with Crippen molar-refractivity contribution in [3.8, 4) is 28.7 Å². The fourth-order valence-electron chi connectivity index (χ4n) is 3.50. The molecule has 7 heteroatoms. The highest BCUT2D eigenvalue weighted by Crippen LogP contribution is 2.53. The van der Waals surface area contributed by atoms with Crippen LogP contribution < -0.4 is 14.2 Å². The summed E-state index contributed by atoms with van der Waals surface area (Å²) in [5, 5.41) is 21.5. The van der Waals surface area contributed by atoms with Crippen LogP contribution in [0, 0.1) is 0 Å². The number of phenolic OH excluding ortho intramolecular Hbond substituents is 2. The van der Waals surface area contributed by atoms with Crippen LogP contribution in [0.15, 0.2) is 0 Å². The molecule has 1 rings (SSSR count). The lowest BCUT2D eigenvalue weighted by Crippen LogP contribution is -2.13. The maximum atomic E-state index is 13.0. The number of unbranched alkanes of at least 4 members (excludes halogenated alkanes) is 9. The number of hydrogen-bond acceptors (Lipinski definition) is 7. The van der Waals surface area contributed by atoms with Gasteiger partial charge in [-0.3, -0.25) is 0 Å². The zero-order valence-electron chi connectivity index (χ0n) is 22.5. The fraction of sp³-hybridized carbons (Fsp3) is 0.750. The average molecular weight is 497 g/mol. The van der Waals surface area contributed by atoms with Crippen LogP contribution in [-0.2, 0) is 4.74 Å². The quantitative estimate of drug-likeness (QED) is 0.103. The fourth-order valence-corrected chi connectivity index (χ4v) is 3.50. The number of carbonyl (C=O) groups excluding carboxylic acids is 1. The average Bonchev–Trinajstić information content (AvgIpc) is 2.85. The van der Waals surface area contributed by atoms with Crippen molar-refractivity contribution in [1.29, 1.82) is 0 Å². The molecule has 0 radical (unpaired) electrons. The zero-order valence-corrected chi connectivity index (χ0v) is 22.5. The summed E-state index contributed by atoms with van der Waals surface area (Å²) in [6, 6.07) is 0. The molecule has 0 saturated carbocycles. The van der Waals surface area contributed by atoms with Gasteiger partial charge in [0.15, 0.2) is 17.1 Å². The third kappa shape index (κ3) is 10.9. The number of hydrogen-bond donors (Lipinski definition) is 2. The Hall–Kier alpha value is -2.31. The Labute approximate surface area is 212 Å². The number of benzene rings is 1. The van der Waals surface area contributed by atoms with Gasteiger partial charge < -0.3 is 29.2 Å². The van der Waals surface area contributed by atoms with E-state index >= 15 is 0 Å². The smallest absolute Gasteiger partial charge is 0.346 e. The molecule has 0 heterocycles. The van der Waals surface area contributed by atoms with Gasteiger partial charge in [-0.2, -0.15) is 0 Å². The van der Waals surface area contributed by atoms with E-state index in [0.717, 1.165) is 57.8 Å². The largest absolute Gasteiger partial charge is 0.503 e. The minimum Gasteiger partial charge on any atom is -0.503 e. The lowest BCUT2D eigenvalue weighted by atomic mass is 10.1. The zero-order chi connectivity index (χ0) is 25.9. The van der Waals surface area contributed by atoms with Gasteiger partial charge in [-0.05, 0) is 25.7 Å². The molecule has 0 aliphatic carbocycles. The van der Waals surface area contributed by atoms with E-state index in [4.69, 9.17) is 18.9 Å². The van der Waals surface area contributed by atoms with Crippen molar-refractivity contribution >= 4 is 5.97 Å². The molecule has 1 aromatic rings. The lowest BCUT2D eigenvalue weighted by Gasteiger charge is -2.21. The molecule has 2 N–H and O–H groups in total. The first kappa shape index (κ1) is 30.7. The first-order chi connectivity index (χ1) is 17.0. The molecule has 202 valence electrons. The molecule has 0 amide bonds. The third-order valence-electron chi connectivity index (χ3n) is 5.73. The predicted octanol–water partition coefficient (Wildman–Crippen LogP) is 7.54. The van der Waals surface area contributed by atoms with Gasteiger partial charge in [-0.25, -0.2) is 4.79 Å². The topological polar surface area (TPSA) is 94.5 Å². The number of carbonyl (C=O) groups is 1. The molecule has 35 heavy (non-hydrogen) atoms. The minimum atomic E-state index is -0.740. The molecule has 1 aromatic carbocycles. The van der Waals surface area contributed by atoms with Crippen molar-refractivity contribution < 1.29 is 34.0 Å². The van der Waals surface area contributed by atoms with Gasteiger partial charge in [-0.15, -0.1) is 0 Å². The van der Waals surface area contributed by atoms with E-state index in [2.05, 4.69) is 6.92 Å². The molecule has 0 atom stereocenters. The van der Waals surface area contributed by atoms with Crippen LogP contribution in [0.2, 0.25) is 0 Å². The Bertz CT molecular complexity index is 718. The second-order valence-electron chi connectivity index (χ2n) is 8.92. The normalized spacial score (nSPS) is 10.9. The van der Waals surface area contributed by atoms with E-state index < -0.39 is 17.5 Å². The third-order valence-corrected chi connectivity index (χ3v) is 5.73. The van der Waals surface area contributed by atoms with Crippen LogP contribution in [-0.4, -0.2) is 42.6 Å². The van der Waals surface area contributed by atoms with Gasteiger partial charge in [0.05, 0.1) is 26.4 Å². The summed E-state index contributed by atoms with van der Waals surface area (Å²) in [6.07, 6.45) is 12.7. The molecule has 0 fully saturated rings. The Morgan fingerprint density at radius 2 is 1.00 bits per heavy atom. The number of phenols is 2. The molecule has 0 unspecified atom stereocenters. The first-order valence-electron chi connectivity index (χ1n) is 13.7. The van der Waals surface area contributed by atoms with Crippen LogP contribution >= 0.6 is 0 Å². The molecule has 0 spiro atoms. The summed E-state index contributed by atoms with van der Waals surface area (Å²) < 4.78 is 23.2. The molecular weight excluding hydrogens is 448 g/mol. The highest BCUT2D eigenvalue weighted by Gasteiger charge is 2.32. The summed E-state index contributed by atoms with van der Waals surface area (Å²) in [5.41, 5.74) is -0.212. The summed E-state index contributed by atoms with van der Waals surface area (Å²) >= 11 is 0. The summed E-state index contributed by atoms with van der Waals surface area (Å²) in [6.45, 7) is 9.57. The van der Waals surface area contributed by atoms with Gasteiger partial charge in [-0.1, -0.05) is 85.5 Å². The maximum Gasteiger partial charge on any atom is 0.346 e. The van der Waals surface area contributed by atoms with Crippen LogP contribution in [0.5, 0.6) is 28.7 Å². The summed E-state index contributed by atoms with van der Waals surface area (Å²) in [7, 11) is 0. The molecular formula is C28H48O7. The van der Waals surface area contributed by atoms with Crippen molar-refractivity contribution in [1.82, 2.24) is 0 Å². The van der Waals surface area contributed by atoms with Gasteiger partial charge >= 0.3 is 5.97 Å². The van der Waals surface area contributed by atoms with E-state index in [9.17, 15) is 15.0 Å². The standard InChI is InChI=1S/C28H48O7/c1-5-9-13-14-15-16-17-21-35-28(31)22-23(29)24(30)26(33-19-11-7-3)27(34-20-12-8-4)25(22)32-18-10-6-2/h29-30H,5-21H2,1-4H3. The van der Waals surface area contributed by atoms with Crippen molar-refractivity contribution in [2.45, 2.75) is 111 Å². The second kappa shape index (κ2) is 18.9. The van der Waals surface area contributed by atoms with E-state index in [1.807, 2.05) is 20.8 Å².